The Balaban J connectivity index is 1.71. The molecule has 0 aliphatic carbocycles. The summed E-state index contributed by atoms with van der Waals surface area (Å²) in [5, 5.41) is 11.6. The minimum Gasteiger partial charge on any atom is -0.320 e. The molecule has 0 aliphatic rings. The maximum Gasteiger partial charge on any atom is 0.216 e. The van der Waals surface area contributed by atoms with Crippen molar-refractivity contribution >= 4 is 29.5 Å². The average Bonchev–Trinajstić information content (AvgIpc) is 3.14. The molecule has 2 aromatic heterocycles. The molecule has 0 radical (unpaired) electrons. The van der Waals surface area contributed by atoms with Gasteiger partial charge in [-0.05, 0) is 36.8 Å². The van der Waals surface area contributed by atoms with Gasteiger partial charge in [0.15, 0.2) is 5.82 Å². The second-order valence-corrected chi connectivity index (χ2v) is 6.03. The lowest BCUT2D eigenvalue weighted by molar-refractivity contribution is 0.685. The summed E-state index contributed by atoms with van der Waals surface area (Å²) in [7, 11) is 0. The number of nitrogens with zero attached hydrogens (tertiary/aromatic N) is 5. The Kier molecular flexibility index (Phi) is 3.99. The monoisotopic (exact) mass is 348 g/mol. The molecule has 6 nitrogen and oxygen atoms in total. The Morgan fingerprint density at radius 3 is 2.72 bits per heavy atom. The summed E-state index contributed by atoms with van der Waals surface area (Å²) >= 11 is 5.32. The van der Waals surface area contributed by atoms with Crippen LogP contribution in [0.25, 0.3) is 11.0 Å². The SMILES string of the molecule is Cc1nc2ccccc2n1Cc1n[nH]c(=S)n1/N=C/c1ccccc1. The van der Waals surface area contributed by atoms with Gasteiger partial charge in [0.1, 0.15) is 5.82 Å². The second-order valence-electron chi connectivity index (χ2n) is 5.65. The largest absolute Gasteiger partial charge is 0.320 e. The second kappa shape index (κ2) is 6.45. The first-order chi connectivity index (χ1) is 12.2. The highest BCUT2D eigenvalue weighted by atomic mass is 32.1. The summed E-state index contributed by atoms with van der Waals surface area (Å²) in [5.74, 6) is 1.65. The number of benzene rings is 2. The number of H-pyrrole nitrogens is 1. The number of aryl methyl sites for hydroxylation is 1. The zero-order chi connectivity index (χ0) is 17.2. The predicted molar refractivity (Wildman–Crippen MR) is 100 cm³/mol. The van der Waals surface area contributed by atoms with Gasteiger partial charge in [0.05, 0.1) is 23.8 Å². The molecule has 124 valence electrons. The van der Waals surface area contributed by atoms with Gasteiger partial charge in [-0.25, -0.2) is 4.98 Å². The zero-order valence-electron chi connectivity index (χ0n) is 13.6. The fourth-order valence-corrected chi connectivity index (χ4v) is 2.94. The van der Waals surface area contributed by atoms with Crippen molar-refractivity contribution in [1.29, 1.82) is 0 Å². The molecule has 0 saturated heterocycles. The number of para-hydroxylation sites is 2. The third kappa shape index (κ3) is 3.01. The van der Waals surface area contributed by atoms with Crippen LogP contribution in [0.15, 0.2) is 59.7 Å². The highest BCUT2D eigenvalue weighted by Crippen LogP contribution is 2.17. The third-order valence-electron chi connectivity index (χ3n) is 3.98. The molecular formula is C18H16N6S. The van der Waals surface area contributed by atoms with E-state index < -0.39 is 0 Å². The zero-order valence-corrected chi connectivity index (χ0v) is 14.4. The lowest BCUT2D eigenvalue weighted by atomic mass is 10.2. The van der Waals surface area contributed by atoms with E-state index in [1.165, 1.54) is 0 Å². The van der Waals surface area contributed by atoms with Crippen molar-refractivity contribution in [1.82, 2.24) is 24.4 Å². The van der Waals surface area contributed by atoms with Crippen molar-refractivity contribution in [3.05, 3.63) is 76.6 Å². The molecule has 4 aromatic rings. The van der Waals surface area contributed by atoms with E-state index in [9.17, 15) is 0 Å². The molecule has 0 fully saturated rings. The molecule has 0 atom stereocenters. The normalized spacial score (nSPS) is 11.6. The van der Waals surface area contributed by atoms with E-state index in [1.54, 1.807) is 10.9 Å². The van der Waals surface area contributed by atoms with Crippen LogP contribution in [-0.4, -0.2) is 30.6 Å². The molecule has 4 rings (SSSR count). The van der Waals surface area contributed by atoms with E-state index in [-0.39, 0.29) is 0 Å². The van der Waals surface area contributed by atoms with Gasteiger partial charge < -0.3 is 4.57 Å². The summed E-state index contributed by atoms with van der Waals surface area (Å²) in [5.41, 5.74) is 3.03. The van der Waals surface area contributed by atoms with Crippen LogP contribution in [0.3, 0.4) is 0 Å². The first-order valence-corrected chi connectivity index (χ1v) is 8.31. The number of hydrogen-bond acceptors (Lipinski definition) is 4. The molecule has 0 aliphatic heterocycles. The van der Waals surface area contributed by atoms with Crippen LogP contribution in [-0.2, 0) is 6.54 Å². The fraction of sp³-hybridized carbons (Fsp3) is 0.111. The Labute approximate surface area is 149 Å². The Hall–Kier alpha value is -3.06. The van der Waals surface area contributed by atoms with Crippen LogP contribution in [0.5, 0.6) is 0 Å². The standard InChI is InChI=1S/C18H16N6S/c1-13-20-15-9-5-6-10-16(15)23(13)12-17-21-22-18(25)24(17)19-11-14-7-3-2-4-8-14/h2-11H,12H2,1H3,(H,22,25)/b19-11+. The van der Waals surface area contributed by atoms with Gasteiger partial charge in [-0.2, -0.15) is 14.9 Å². The van der Waals surface area contributed by atoms with E-state index >= 15 is 0 Å². The van der Waals surface area contributed by atoms with Crippen LogP contribution in [0.1, 0.15) is 17.2 Å². The summed E-state index contributed by atoms with van der Waals surface area (Å²) in [6.07, 6.45) is 1.77. The van der Waals surface area contributed by atoms with E-state index in [0.717, 1.165) is 28.2 Å². The molecule has 1 N–H and O–H groups in total. The van der Waals surface area contributed by atoms with Crippen molar-refractivity contribution in [3.63, 3.8) is 0 Å². The smallest absolute Gasteiger partial charge is 0.216 e. The molecule has 0 spiro atoms. The summed E-state index contributed by atoms with van der Waals surface area (Å²) in [6.45, 7) is 2.52. The Bertz CT molecular complexity index is 1100. The van der Waals surface area contributed by atoms with Gasteiger partial charge in [-0.3, -0.25) is 5.10 Å². The van der Waals surface area contributed by atoms with Gasteiger partial charge in [0, 0.05) is 0 Å². The highest BCUT2D eigenvalue weighted by molar-refractivity contribution is 7.71. The van der Waals surface area contributed by atoms with E-state index in [1.807, 2.05) is 61.5 Å². The van der Waals surface area contributed by atoms with Crippen molar-refractivity contribution in [3.8, 4) is 0 Å². The quantitative estimate of drug-likeness (QED) is 0.453. The predicted octanol–water partition coefficient (Wildman–Crippen LogP) is 3.53. The number of nitrogens with one attached hydrogen (secondary N) is 1. The third-order valence-corrected chi connectivity index (χ3v) is 4.25. The molecule has 0 bridgehead atoms. The molecule has 0 saturated carbocycles. The van der Waals surface area contributed by atoms with E-state index in [4.69, 9.17) is 12.2 Å². The van der Waals surface area contributed by atoms with Crippen LogP contribution in [0.2, 0.25) is 0 Å². The first-order valence-electron chi connectivity index (χ1n) is 7.90. The number of fused-ring (bicyclic) bond motifs is 1. The maximum atomic E-state index is 5.32. The van der Waals surface area contributed by atoms with Gasteiger partial charge in [-0.15, -0.1) is 0 Å². The van der Waals surface area contributed by atoms with Crippen molar-refractivity contribution in [2.75, 3.05) is 0 Å². The van der Waals surface area contributed by atoms with Gasteiger partial charge >= 0.3 is 0 Å². The first kappa shape index (κ1) is 15.5. The minimum absolute atomic E-state index is 0.462. The topological polar surface area (TPSA) is 63.8 Å². The van der Waals surface area contributed by atoms with E-state index in [0.29, 0.717) is 11.3 Å². The molecule has 2 aromatic carbocycles. The van der Waals surface area contributed by atoms with Gasteiger partial charge in [0.2, 0.25) is 4.77 Å². The molecule has 25 heavy (non-hydrogen) atoms. The van der Waals surface area contributed by atoms with Gasteiger partial charge in [-0.1, -0.05) is 42.5 Å². The number of hydrogen-bond donors (Lipinski definition) is 1. The van der Waals surface area contributed by atoms with Crippen LogP contribution >= 0.6 is 12.2 Å². The summed E-state index contributed by atoms with van der Waals surface area (Å²) < 4.78 is 4.22. The number of aromatic nitrogens is 5. The molecular weight excluding hydrogens is 332 g/mol. The van der Waals surface area contributed by atoms with Crippen LogP contribution in [0.4, 0.5) is 0 Å². The van der Waals surface area contributed by atoms with Crippen molar-refractivity contribution in [2.24, 2.45) is 5.10 Å². The number of imidazole rings is 1. The number of rotatable bonds is 4. The van der Waals surface area contributed by atoms with Crippen LogP contribution < -0.4 is 0 Å². The molecule has 0 amide bonds. The summed E-state index contributed by atoms with van der Waals surface area (Å²) in [6, 6.07) is 17.9. The fourth-order valence-electron chi connectivity index (χ4n) is 2.75. The minimum atomic E-state index is 0.462. The average molecular weight is 348 g/mol. The van der Waals surface area contributed by atoms with E-state index in [2.05, 4.69) is 24.8 Å². The van der Waals surface area contributed by atoms with Gasteiger partial charge in [0.25, 0.3) is 0 Å². The Morgan fingerprint density at radius 1 is 1.12 bits per heavy atom. The van der Waals surface area contributed by atoms with Crippen molar-refractivity contribution in [2.45, 2.75) is 13.5 Å². The lowest BCUT2D eigenvalue weighted by Gasteiger charge is -2.06. The highest BCUT2D eigenvalue weighted by Gasteiger charge is 2.11. The number of aromatic amines is 1. The van der Waals surface area contributed by atoms with Crippen LogP contribution in [0, 0.1) is 11.7 Å². The Morgan fingerprint density at radius 2 is 1.88 bits per heavy atom. The molecule has 0 unspecified atom stereocenters. The molecule has 2 heterocycles. The lowest BCUT2D eigenvalue weighted by Crippen LogP contribution is -2.08. The van der Waals surface area contributed by atoms with Crippen molar-refractivity contribution < 1.29 is 0 Å². The maximum absolute atomic E-state index is 5.32. The summed E-state index contributed by atoms with van der Waals surface area (Å²) in [4.78, 5) is 4.59. The molecule has 7 heteroatoms.